The van der Waals surface area contributed by atoms with E-state index >= 15 is 0 Å². The van der Waals surface area contributed by atoms with Gasteiger partial charge in [-0.25, -0.2) is 0 Å². The highest BCUT2D eigenvalue weighted by atomic mass is 15.2. The molecule has 124 valence electrons. The normalized spacial score (nSPS) is 21.1. The molecule has 1 saturated heterocycles. The lowest BCUT2D eigenvalue weighted by Gasteiger charge is -2.33. The first-order valence-corrected chi connectivity index (χ1v) is 8.50. The molecule has 2 atom stereocenters. The third-order valence-electron chi connectivity index (χ3n) is 4.07. The van der Waals surface area contributed by atoms with Crippen molar-refractivity contribution < 1.29 is 0 Å². The molecule has 1 rings (SSSR count). The summed E-state index contributed by atoms with van der Waals surface area (Å²) in [4.78, 5) is 9.71. The van der Waals surface area contributed by atoms with Crippen LogP contribution in [0.5, 0.6) is 0 Å². The molecule has 0 amide bonds. The second-order valence-electron chi connectivity index (χ2n) is 6.38. The van der Waals surface area contributed by atoms with Crippen molar-refractivity contribution in [3.63, 3.8) is 0 Å². The molecular weight excluding hydrogens is 262 g/mol. The van der Waals surface area contributed by atoms with Crippen molar-refractivity contribution in [2.24, 2.45) is 10.9 Å². The van der Waals surface area contributed by atoms with Crippen LogP contribution in [0.3, 0.4) is 0 Å². The molecule has 0 spiro atoms. The molecule has 0 aromatic rings. The lowest BCUT2D eigenvalue weighted by atomic mass is 10.1. The Morgan fingerprint density at radius 2 is 1.81 bits per heavy atom. The minimum absolute atomic E-state index is 0.468. The zero-order valence-corrected chi connectivity index (χ0v) is 14.7. The van der Waals surface area contributed by atoms with Gasteiger partial charge < -0.3 is 20.4 Å². The average molecular weight is 297 g/mol. The number of rotatable bonds is 7. The van der Waals surface area contributed by atoms with Crippen LogP contribution in [0, 0.1) is 5.92 Å². The summed E-state index contributed by atoms with van der Waals surface area (Å²) < 4.78 is 0. The van der Waals surface area contributed by atoms with E-state index in [-0.39, 0.29) is 0 Å². The Labute approximate surface area is 131 Å². The predicted molar refractivity (Wildman–Crippen MR) is 92.0 cm³/mol. The fraction of sp³-hybridized carbons (Fsp3) is 0.938. The second-order valence-corrected chi connectivity index (χ2v) is 6.38. The van der Waals surface area contributed by atoms with Gasteiger partial charge in [0.25, 0.3) is 0 Å². The Hall–Kier alpha value is -0.810. The summed E-state index contributed by atoms with van der Waals surface area (Å²) in [6.45, 7) is 16.5. The van der Waals surface area contributed by atoms with Crippen LogP contribution in [-0.2, 0) is 0 Å². The number of aliphatic imine (C=N–C) groups is 1. The van der Waals surface area contributed by atoms with Crippen molar-refractivity contribution in [3.05, 3.63) is 0 Å². The van der Waals surface area contributed by atoms with Gasteiger partial charge in [-0.2, -0.15) is 0 Å². The Kier molecular flexibility index (Phi) is 8.69. The van der Waals surface area contributed by atoms with E-state index in [4.69, 9.17) is 4.99 Å². The van der Waals surface area contributed by atoms with Gasteiger partial charge >= 0.3 is 0 Å². The van der Waals surface area contributed by atoms with Crippen LogP contribution in [0.1, 0.15) is 34.1 Å². The largest absolute Gasteiger partial charge is 0.357 e. The predicted octanol–water partition coefficient (Wildman–Crippen LogP) is 1.22. The van der Waals surface area contributed by atoms with Crippen molar-refractivity contribution >= 4 is 5.96 Å². The van der Waals surface area contributed by atoms with E-state index in [9.17, 15) is 0 Å². The van der Waals surface area contributed by atoms with Crippen LogP contribution in [0.2, 0.25) is 0 Å². The van der Waals surface area contributed by atoms with Gasteiger partial charge in [0.05, 0.1) is 0 Å². The van der Waals surface area contributed by atoms with Gasteiger partial charge in [0, 0.05) is 51.9 Å². The first kappa shape index (κ1) is 18.2. The van der Waals surface area contributed by atoms with Crippen molar-refractivity contribution in [2.75, 3.05) is 52.9 Å². The topological polar surface area (TPSA) is 42.9 Å². The van der Waals surface area contributed by atoms with E-state index in [1.807, 2.05) is 0 Å². The number of likely N-dealkylation sites (N-methyl/N-ethyl adjacent to an activating group) is 1. The standard InChI is InChI=1S/C16H35N5/c1-6-15(4)19-16(17-7-2)18-12-14(3)13-21-10-8-20(5)9-11-21/h14-15H,6-13H2,1-5H3,(H2,17,18,19). The highest BCUT2D eigenvalue weighted by molar-refractivity contribution is 5.80. The molecular formula is C16H35N5. The summed E-state index contributed by atoms with van der Waals surface area (Å²) in [5.41, 5.74) is 0. The van der Waals surface area contributed by atoms with E-state index in [1.54, 1.807) is 0 Å². The summed E-state index contributed by atoms with van der Waals surface area (Å²) in [6.07, 6.45) is 1.11. The highest BCUT2D eigenvalue weighted by Crippen LogP contribution is 2.05. The molecule has 2 N–H and O–H groups in total. The number of piperazine rings is 1. The molecule has 0 aromatic heterocycles. The van der Waals surface area contributed by atoms with E-state index in [0.717, 1.165) is 32.0 Å². The molecule has 2 unspecified atom stereocenters. The van der Waals surface area contributed by atoms with Crippen molar-refractivity contribution in [2.45, 2.75) is 40.2 Å². The molecule has 0 aromatic carbocycles. The monoisotopic (exact) mass is 297 g/mol. The molecule has 21 heavy (non-hydrogen) atoms. The SMILES string of the molecule is CCNC(=NCC(C)CN1CCN(C)CC1)NC(C)CC. The van der Waals surface area contributed by atoms with Gasteiger partial charge in [-0.15, -0.1) is 0 Å². The molecule has 0 radical (unpaired) electrons. The Morgan fingerprint density at radius 3 is 2.38 bits per heavy atom. The first-order valence-electron chi connectivity index (χ1n) is 8.50. The Bertz CT molecular complexity index is 297. The van der Waals surface area contributed by atoms with Crippen molar-refractivity contribution in [1.29, 1.82) is 0 Å². The smallest absolute Gasteiger partial charge is 0.191 e. The minimum atomic E-state index is 0.468. The third-order valence-corrected chi connectivity index (χ3v) is 4.07. The van der Waals surface area contributed by atoms with Gasteiger partial charge in [0.2, 0.25) is 0 Å². The maximum absolute atomic E-state index is 4.74. The van der Waals surface area contributed by atoms with Crippen LogP contribution in [0.4, 0.5) is 0 Å². The highest BCUT2D eigenvalue weighted by Gasteiger charge is 2.16. The maximum atomic E-state index is 4.74. The summed E-state index contributed by atoms with van der Waals surface area (Å²) in [7, 11) is 2.20. The Morgan fingerprint density at radius 1 is 1.14 bits per heavy atom. The number of hydrogen-bond acceptors (Lipinski definition) is 3. The fourth-order valence-corrected chi connectivity index (χ4v) is 2.43. The first-order chi connectivity index (χ1) is 10.0. The van der Waals surface area contributed by atoms with Crippen molar-refractivity contribution in [3.8, 4) is 0 Å². The lowest BCUT2D eigenvalue weighted by molar-refractivity contribution is 0.140. The number of nitrogens with one attached hydrogen (secondary N) is 2. The summed E-state index contributed by atoms with van der Waals surface area (Å²) in [6, 6.07) is 0.468. The van der Waals surface area contributed by atoms with E-state index < -0.39 is 0 Å². The molecule has 5 nitrogen and oxygen atoms in total. The van der Waals surface area contributed by atoms with Crippen LogP contribution in [0.25, 0.3) is 0 Å². The fourth-order valence-electron chi connectivity index (χ4n) is 2.43. The molecule has 1 aliphatic heterocycles. The average Bonchev–Trinajstić information content (AvgIpc) is 2.47. The zero-order chi connectivity index (χ0) is 15.7. The summed E-state index contributed by atoms with van der Waals surface area (Å²) in [5.74, 6) is 1.55. The molecule has 1 heterocycles. The molecule has 0 bridgehead atoms. The number of nitrogens with zero attached hydrogens (tertiary/aromatic N) is 3. The molecule has 0 saturated carbocycles. The molecule has 0 aliphatic carbocycles. The zero-order valence-electron chi connectivity index (χ0n) is 14.7. The van der Waals surface area contributed by atoms with Crippen LogP contribution >= 0.6 is 0 Å². The van der Waals surface area contributed by atoms with Gasteiger partial charge in [0.1, 0.15) is 0 Å². The van der Waals surface area contributed by atoms with Crippen LogP contribution in [-0.4, -0.2) is 74.7 Å². The van der Waals surface area contributed by atoms with Gasteiger partial charge in [0.15, 0.2) is 5.96 Å². The van der Waals surface area contributed by atoms with E-state index in [2.05, 4.69) is 55.2 Å². The van der Waals surface area contributed by atoms with Gasteiger partial charge in [-0.3, -0.25) is 4.99 Å². The van der Waals surface area contributed by atoms with E-state index in [1.165, 1.54) is 26.2 Å². The maximum Gasteiger partial charge on any atom is 0.191 e. The number of hydrogen-bond donors (Lipinski definition) is 2. The van der Waals surface area contributed by atoms with Gasteiger partial charge in [-0.05, 0) is 33.2 Å². The van der Waals surface area contributed by atoms with Gasteiger partial charge in [-0.1, -0.05) is 13.8 Å². The lowest BCUT2D eigenvalue weighted by Crippen LogP contribution is -2.46. The Balaban J connectivity index is 2.36. The second kappa shape index (κ2) is 10.0. The minimum Gasteiger partial charge on any atom is -0.357 e. The number of guanidine groups is 1. The summed E-state index contributed by atoms with van der Waals surface area (Å²) in [5, 5.41) is 6.78. The van der Waals surface area contributed by atoms with Crippen LogP contribution in [0.15, 0.2) is 4.99 Å². The summed E-state index contributed by atoms with van der Waals surface area (Å²) >= 11 is 0. The molecule has 5 heteroatoms. The molecule has 1 fully saturated rings. The van der Waals surface area contributed by atoms with E-state index in [0.29, 0.717) is 12.0 Å². The molecule has 1 aliphatic rings. The van der Waals surface area contributed by atoms with Crippen molar-refractivity contribution in [1.82, 2.24) is 20.4 Å². The third kappa shape index (κ3) is 7.67. The van der Waals surface area contributed by atoms with Crippen LogP contribution < -0.4 is 10.6 Å². The quantitative estimate of drug-likeness (QED) is 0.548.